The van der Waals surface area contributed by atoms with Gasteiger partial charge in [0.05, 0.1) is 5.69 Å². The maximum absolute atomic E-state index is 4.62. The Kier molecular flexibility index (Phi) is 5.94. The summed E-state index contributed by atoms with van der Waals surface area (Å²) in [5.74, 6) is 0. The molecule has 0 aliphatic heterocycles. The molecule has 0 saturated carbocycles. The van der Waals surface area contributed by atoms with Crippen LogP contribution >= 0.6 is 0 Å². The number of hydrogen-bond donors (Lipinski definition) is 0. The van der Waals surface area contributed by atoms with Crippen molar-refractivity contribution in [2.45, 2.75) is 13.8 Å². The number of fused-ring (bicyclic) bond motifs is 2. The molecule has 40 heavy (non-hydrogen) atoms. The minimum absolute atomic E-state index is 0.993. The van der Waals surface area contributed by atoms with Gasteiger partial charge in [-0.1, -0.05) is 109 Å². The van der Waals surface area contributed by atoms with E-state index in [1.165, 1.54) is 54.9 Å². The minimum atomic E-state index is 0.993. The first-order chi connectivity index (χ1) is 19.7. The van der Waals surface area contributed by atoms with Gasteiger partial charge >= 0.3 is 0 Å². The average molecular weight is 513 g/mol. The summed E-state index contributed by atoms with van der Waals surface area (Å²) in [6, 6.07) is 43.7. The smallest absolute Gasteiger partial charge is 0.0702 e. The van der Waals surface area contributed by atoms with Crippen LogP contribution < -0.4 is 0 Å². The molecule has 2 heterocycles. The Morgan fingerprint density at radius 2 is 0.850 bits per heavy atom. The van der Waals surface area contributed by atoms with Crippen molar-refractivity contribution >= 4 is 21.5 Å². The maximum Gasteiger partial charge on any atom is 0.0702 e. The summed E-state index contributed by atoms with van der Waals surface area (Å²) < 4.78 is 0. The van der Waals surface area contributed by atoms with Crippen LogP contribution in [0, 0.1) is 13.8 Å². The molecule has 5 aromatic carbocycles. The number of nitrogens with zero attached hydrogens (tertiary/aromatic N) is 2. The van der Waals surface area contributed by atoms with Crippen molar-refractivity contribution < 1.29 is 0 Å². The number of rotatable bonds is 4. The van der Waals surface area contributed by atoms with Gasteiger partial charge in [0.15, 0.2) is 0 Å². The highest BCUT2D eigenvalue weighted by molar-refractivity contribution is 6.21. The number of benzene rings is 5. The highest BCUT2D eigenvalue weighted by Crippen LogP contribution is 2.44. The molecule has 0 unspecified atom stereocenters. The summed E-state index contributed by atoms with van der Waals surface area (Å²) in [4.78, 5) is 9.10. The molecule has 7 rings (SSSR count). The molecule has 0 aliphatic carbocycles. The summed E-state index contributed by atoms with van der Waals surface area (Å²) in [5.41, 5.74) is 11.6. The van der Waals surface area contributed by atoms with Gasteiger partial charge in [-0.25, -0.2) is 0 Å². The lowest BCUT2D eigenvalue weighted by molar-refractivity contribution is 1.20. The quantitative estimate of drug-likeness (QED) is 0.219. The van der Waals surface area contributed by atoms with Gasteiger partial charge in [0.25, 0.3) is 0 Å². The van der Waals surface area contributed by atoms with Crippen molar-refractivity contribution in [1.82, 2.24) is 9.97 Å². The second kappa shape index (κ2) is 9.91. The lowest BCUT2D eigenvalue weighted by Crippen LogP contribution is -1.91. The molecule has 0 radical (unpaired) electrons. The summed E-state index contributed by atoms with van der Waals surface area (Å²) in [6.07, 6.45) is 3.87. The number of aromatic nitrogens is 2. The van der Waals surface area contributed by atoms with E-state index in [2.05, 4.69) is 138 Å². The Balaban J connectivity index is 1.39. The van der Waals surface area contributed by atoms with Crippen LogP contribution in [0.3, 0.4) is 0 Å². The van der Waals surface area contributed by atoms with Crippen molar-refractivity contribution in [2.24, 2.45) is 0 Å². The topological polar surface area (TPSA) is 25.8 Å². The van der Waals surface area contributed by atoms with E-state index in [1.54, 1.807) is 0 Å². The predicted molar refractivity (Wildman–Crippen MR) is 168 cm³/mol. The Bertz CT molecular complexity index is 1760. The molecule has 0 amide bonds. The van der Waals surface area contributed by atoms with Crippen LogP contribution in [0.15, 0.2) is 134 Å². The predicted octanol–water partition coefficient (Wildman–Crippen LogP) is 10.1. The summed E-state index contributed by atoms with van der Waals surface area (Å²) >= 11 is 0. The molecular weight excluding hydrogens is 484 g/mol. The van der Waals surface area contributed by atoms with E-state index >= 15 is 0 Å². The van der Waals surface area contributed by atoms with Gasteiger partial charge in [0.1, 0.15) is 0 Å². The van der Waals surface area contributed by atoms with Crippen LogP contribution in [-0.4, -0.2) is 9.97 Å². The van der Waals surface area contributed by atoms with Gasteiger partial charge in [-0.3, -0.25) is 9.97 Å². The number of hydrogen-bond acceptors (Lipinski definition) is 2. The van der Waals surface area contributed by atoms with Gasteiger partial charge in [-0.05, 0) is 80.9 Å². The lowest BCUT2D eigenvalue weighted by Gasteiger charge is -2.18. The largest absolute Gasteiger partial charge is 0.261 e. The first-order valence-electron chi connectivity index (χ1n) is 13.7. The highest BCUT2D eigenvalue weighted by Gasteiger charge is 2.16. The zero-order valence-electron chi connectivity index (χ0n) is 22.6. The lowest BCUT2D eigenvalue weighted by atomic mass is 9.85. The molecule has 0 spiro atoms. The van der Waals surface area contributed by atoms with Crippen LogP contribution in [0.5, 0.6) is 0 Å². The van der Waals surface area contributed by atoms with E-state index in [9.17, 15) is 0 Å². The summed E-state index contributed by atoms with van der Waals surface area (Å²) in [5, 5.41) is 5.02. The third-order valence-corrected chi connectivity index (χ3v) is 7.73. The van der Waals surface area contributed by atoms with Crippen LogP contribution in [0.4, 0.5) is 0 Å². The van der Waals surface area contributed by atoms with Gasteiger partial charge < -0.3 is 0 Å². The van der Waals surface area contributed by atoms with Crippen molar-refractivity contribution in [3.8, 4) is 44.6 Å². The Hall–Kier alpha value is -5.08. The molecule has 0 N–H and O–H groups in total. The average Bonchev–Trinajstić information content (AvgIpc) is 3.01. The SMILES string of the molecule is Cc1ccc(-c2ccc(-c3c4ccccc4c(-c4ccc(-c5ccc(C)nc5)cc4)c4ccccc34)cc2)nc1. The molecule has 2 heteroatoms. The summed E-state index contributed by atoms with van der Waals surface area (Å²) in [6.45, 7) is 4.08. The Morgan fingerprint density at radius 1 is 0.375 bits per heavy atom. The molecule has 0 bridgehead atoms. The monoisotopic (exact) mass is 512 g/mol. The molecular formula is C38H28N2. The van der Waals surface area contributed by atoms with E-state index in [0.29, 0.717) is 0 Å². The normalized spacial score (nSPS) is 11.2. The molecule has 2 nitrogen and oxygen atoms in total. The molecule has 0 atom stereocenters. The molecule has 190 valence electrons. The van der Waals surface area contributed by atoms with E-state index < -0.39 is 0 Å². The Morgan fingerprint density at radius 3 is 1.30 bits per heavy atom. The minimum Gasteiger partial charge on any atom is -0.261 e. The van der Waals surface area contributed by atoms with Crippen molar-refractivity contribution in [1.29, 1.82) is 0 Å². The fourth-order valence-corrected chi connectivity index (χ4v) is 5.66. The van der Waals surface area contributed by atoms with Crippen molar-refractivity contribution in [2.75, 3.05) is 0 Å². The number of pyridine rings is 2. The second-order valence-corrected chi connectivity index (χ2v) is 10.4. The fourth-order valence-electron chi connectivity index (χ4n) is 5.66. The maximum atomic E-state index is 4.62. The highest BCUT2D eigenvalue weighted by atomic mass is 14.7. The van der Waals surface area contributed by atoms with Crippen molar-refractivity contribution in [3.05, 3.63) is 145 Å². The van der Waals surface area contributed by atoms with Crippen LogP contribution in [0.25, 0.3) is 66.2 Å². The zero-order valence-corrected chi connectivity index (χ0v) is 22.6. The third kappa shape index (κ3) is 4.24. The van der Waals surface area contributed by atoms with Gasteiger partial charge in [0, 0.05) is 29.2 Å². The molecule has 0 saturated heterocycles. The molecule has 0 aliphatic rings. The van der Waals surface area contributed by atoms with E-state index in [-0.39, 0.29) is 0 Å². The number of aryl methyl sites for hydroxylation is 2. The van der Waals surface area contributed by atoms with Gasteiger partial charge in [-0.2, -0.15) is 0 Å². The second-order valence-electron chi connectivity index (χ2n) is 10.4. The standard InChI is InChI=1S/C38H28N2/c1-25-11-22-36(40-23-25)28-16-20-30(21-17-28)38-34-9-5-3-7-32(34)37(33-8-4-6-10-35(33)38)29-18-14-27(15-19-29)31-13-12-26(2)39-24-31/h3-24H,1-2H3. The van der Waals surface area contributed by atoms with Crippen LogP contribution in [0.2, 0.25) is 0 Å². The molecule has 0 fully saturated rings. The fraction of sp³-hybridized carbons (Fsp3) is 0.0526. The molecule has 7 aromatic rings. The van der Waals surface area contributed by atoms with Crippen molar-refractivity contribution in [3.63, 3.8) is 0 Å². The van der Waals surface area contributed by atoms with E-state index in [0.717, 1.165) is 22.5 Å². The van der Waals surface area contributed by atoms with Crippen LogP contribution in [-0.2, 0) is 0 Å². The Labute approximate surface area is 234 Å². The van der Waals surface area contributed by atoms with E-state index in [4.69, 9.17) is 0 Å². The summed E-state index contributed by atoms with van der Waals surface area (Å²) in [7, 11) is 0. The third-order valence-electron chi connectivity index (χ3n) is 7.73. The van der Waals surface area contributed by atoms with E-state index in [1.807, 2.05) is 19.3 Å². The van der Waals surface area contributed by atoms with Gasteiger partial charge in [0.2, 0.25) is 0 Å². The van der Waals surface area contributed by atoms with Gasteiger partial charge in [-0.15, -0.1) is 0 Å². The zero-order chi connectivity index (χ0) is 27.1. The first-order valence-corrected chi connectivity index (χ1v) is 13.7. The first kappa shape index (κ1) is 24.0. The molecule has 2 aromatic heterocycles. The van der Waals surface area contributed by atoms with Crippen LogP contribution in [0.1, 0.15) is 11.3 Å².